The van der Waals surface area contributed by atoms with Crippen LogP contribution >= 0.6 is 15.9 Å². The molecule has 0 saturated heterocycles. The number of halogens is 1. The molecule has 0 aliphatic carbocycles. The molecule has 0 fully saturated rings. The van der Waals surface area contributed by atoms with Gasteiger partial charge in [0.2, 0.25) is 0 Å². The summed E-state index contributed by atoms with van der Waals surface area (Å²) in [7, 11) is 0. The van der Waals surface area contributed by atoms with Crippen LogP contribution in [-0.2, 0) is 0 Å². The molecule has 0 saturated carbocycles. The van der Waals surface area contributed by atoms with Crippen LogP contribution in [0.25, 0.3) is 43.6 Å². The van der Waals surface area contributed by atoms with Gasteiger partial charge in [0.15, 0.2) is 0 Å². The van der Waals surface area contributed by atoms with Crippen molar-refractivity contribution in [3.8, 4) is 11.1 Å². The van der Waals surface area contributed by atoms with Gasteiger partial charge in [-0.1, -0.05) is 66.7 Å². The van der Waals surface area contributed by atoms with Gasteiger partial charge in [0.1, 0.15) is 0 Å². The summed E-state index contributed by atoms with van der Waals surface area (Å²) in [5.74, 6) is 0. The SMILES string of the molecule is Brc1c2ccccc2c(-c2ccnc3ccccc23)c2ccccc12. The van der Waals surface area contributed by atoms with E-state index in [1.165, 1.54) is 38.1 Å². The lowest BCUT2D eigenvalue weighted by atomic mass is 9.90. The van der Waals surface area contributed by atoms with Crippen molar-refractivity contribution >= 4 is 48.4 Å². The monoisotopic (exact) mass is 383 g/mol. The lowest BCUT2D eigenvalue weighted by Gasteiger charge is -2.15. The topological polar surface area (TPSA) is 12.9 Å². The van der Waals surface area contributed by atoms with Crippen molar-refractivity contribution in [3.05, 3.63) is 89.5 Å². The maximum absolute atomic E-state index is 4.54. The smallest absolute Gasteiger partial charge is 0.0708 e. The Bertz CT molecular complexity index is 1190. The Kier molecular flexibility index (Phi) is 3.32. The lowest BCUT2D eigenvalue weighted by Crippen LogP contribution is -1.89. The molecule has 1 heterocycles. The molecule has 25 heavy (non-hydrogen) atoms. The number of rotatable bonds is 1. The van der Waals surface area contributed by atoms with Gasteiger partial charge < -0.3 is 0 Å². The standard InChI is InChI=1S/C23H14BrN/c24-23-19-10-3-1-8-16(19)22(17-9-2-4-11-20(17)23)18-13-14-25-21-12-6-5-7-15(18)21/h1-14H. The van der Waals surface area contributed by atoms with Crippen LogP contribution in [0.1, 0.15) is 0 Å². The van der Waals surface area contributed by atoms with Crippen LogP contribution in [0.5, 0.6) is 0 Å². The molecule has 0 aliphatic heterocycles. The van der Waals surface area contributed by atoms with Crippen LogP contribution in [0.4, 0.5) is 0 Å². The fraction of sp³-hybridized carbons (Fsp3) is 0. The average molecular weight is 384 g/mol. The molecule has 1 nitrogen and oxygen atoms in total. The van der Waals surface area contributed by atoms with Crippen LogP contribution in [0.2, 0.25) is 0 Å². The van der Waals surface area contributed by atoms with Gasteiger partial charge in [0.05, 0.1) is 5.52 Å². The Morgan fingerprint density at radius 2 is 1.08 bits per heavy atom. The Hall–Kier alpha value is -2.71. The molecule has 5 aromatic rings. The fourth-order valence-corrected chi connectivity index (χ4v) is 4.37. The molecule has 4 aromatic carbocycles. The highest BCUT2D eigenvalue weighted by Gasteiger charge is 2.15. The van der Waals surface area contributed by atoms with Crippen molar-refractivity contribution in [3.63, 3.8) is 0 Å². The van der Waals surface area contributed by atoms with E-state index < -0.39 is 0 Å². The molecule has 0 atom stereocenters. The molecule has 0 unspecified atom stereocenters. The third-order valence-electron chi connectivity index (χ3n) is 4.78. The number of pyridine rings is 1. The van der Waals surface area contributed by atoms with Gasteiger partial charge in [0.25, 0.3) is 0 Å². The zero-order valence-corrected chi connectivity index (χ0v) is 15.0. The molecule has 0 bridgehead atoms. The molecule has 1 aromatic heterocycles. The minimum Gasteiger partial charge on any atom is -0.256 e. The summed E-state index contributed by atoms with van der Waals surface area (Å²) in [6.45, 7) is 0. The van der Waals surface area contributed by atoms with Crippen LogP contribution in [0, 0.1) is 0 Å². The highest BCUT2D eigenvalue weighted by Crippen LogP contribution is 2.43. The zero-order chi connectivity index (χ0) is 16.8. The van der Waals surface area contributed by atoms with Gasteiger partial charge in [-0.15, -0.1) is 0 Å². The van der Waals surface area contributed by atoms with Gasteiger partial charge in [-0.2, -0.15) is 0 Å². The van der Waals surface area contributed by atoms with Crippen LogP contribution < -0.4 is 0 Å². The zero-order valence-electron chi connectivity index (χ0n) is 13.4. The summed E-state index contributed by atoms with van der Waals surface area (Å²) >= 11 is 3.83. The Balaban J connectivity index is 2.06. The molecular formula is C23H14BrN. The highest BCUT2D eigenvalue weighted by molar-refractivity contribution is 9.10. The molecule has 5 rings (SSSR count). The van der Waals surface area contributed by atoms with E-state index in [0.717, 1.165) is 9.99 Å². The summed E-state index contributed by atoms with van der Waals surface area (Å²) in [6.07, 6.45) is 1.91. The van der Waals surface area contributed by atoms with Crippen molar-refractivity contribution in [2.75, 3.05) is 0 Å². The second kappa shape index (κ2) is 5.68. The number of para-hydroxylation sites is 1. The van der Waals surface area contributed by atoms with E-state index in [1.807, 2.05) is 12.3 Å². The summed E-state index contributed by atoms with van der Waals surface area (Å²) < 4.78 is 1.15. The Labute approximate surface area is 154 Å². The van der Waals surface area contributed by atoms with Gasteiger partial charge in [0, 0.05) is 16.1 Å². The summed E-state index contributed by atoms with van der Waals surface area (Å²) in [4.78, 5) is 4.54. The van der Waals surface area contributed by atoms with Crippen molar-refractivity contribution in [2.24, 2.45) is 0 Å². The minimum absolute atomic E-state index is 1.02. The number of benzene rings is 4. The highest BCUT2D eigenvalue weighted by atomic mass is 79.9. The van der Waals surface area contributed by atoms with Crippen molar-refractivity contribution in [1.29, 1.82) is 0 Å². The quantitative estimate of drug-likeness (QED) is 0.284. The normalized spacial score (nSPS) is 11.4. The molecular weight excluding hydrogens is 370 g/mol. The molecule has 118 valence electrons. The molecule has 2 heteroatoms. The molecule has 0 N–H and O–H groups in total. The number of hydrogen-bond donors (Lipinski definition) is 0. The van der Waals surface area contributed by atoms with E-state index in [0.29, 0.717) is 0 Å². The minimum atomic E-state index is 1.02. The first kappa shape index (κ1) is 14.6. The van der Waals surface area contributed by atoms with Gasteiger partial charge in [-0.25, -0.2) is 0 Å². The maximum atomic E-state index is 4.54. The third kappa shape index (κ3) is 2.18. The molecule has 0 spiro atoms. The number of aromatic nitrogens is 1. The van der Waals surface area contributed by atoms with E-state index in [2.05, 4.69) is 93.7 Å². The predicted octanol–water partition coefficient (Wildman–Crippen LogP) is 6.97. The average Bonchev–Trinajstić information content (AvgIpc) is 2.68. The Morgan fingerprint density at radius 3 is 1.72 bits per heavy atom. The summed E-state index contributed by atoms with van der Waals surface area (Å²) in [5.41, 5.74) is 3.52. The van der Waals surface area contributed by atoms with Crippen LogP contribution in [0.3, 0.4) is 0 Å². The van der Waals surface area contributed by atoms with E-state index in [-0.39, 0.29) is 0 Å². The first-order chi connectivity index (χ1) is 12.3. The van der Waals surface area contributed by atoms with Crippen molar-refractivity contribution in [1.82, 2.24) is 4.98 Å². The molecule has 0 aliphatic rings. The number of nitrogens with zero attached hydrogens (tertiary/aromatic N) is 1. The largest absolute Gasteiger partial charge is 0.256 e. The third-order valence-corrected chi connectivity index (χ3v) is 5.64. The van der Waals surface area contributed by atoms with E-state index in [4.69, 9.17) is 0 Å². The first-order valence-electron chi connectivity index (χ1n) is 8.27. The predicted molar refractivity (Wildman–Crippen MR) is 110 cm³/mol. The van der Waals surface area contributed by atoms with Crippen molar-refractivity contribution in [2.45, 2.75) is 0 Å². The van der Waals surface area contributed by atoms with Gasteiger partial charge in [-0.3, -0.25) is 4.98 Å². The van der Waals surface area contributed by atoms with E-state index >= 15 is 0 Å². The summed E-state index contributed by atoms with van der Waals surface area (Å²) in [5, 5.41) is 6.16. The second-order valence-electron chi connectivity index (χ2n) is 6.16. The Morgan fingerprint density at radius 1 is 0.560 bits per heavy atom. The first-order valence-corrected chi connectivity index (χ1v) is 9.07. The van der Waals surface area contributed by atoms with Gasteiger partial charge >= 0.3 is 0 Å². The summed E-state index contributed by atoms with van der Waals surface area (Å²) in [6, 6.07) is 27.6. The molecule has 0 radical (unpaired) electrons. The van der Waals surface area contributed by atoms with Crippen LogP contribution in [-0.4, -0.2) is 4.98 Å². The van der Waals surface area contributed by atoms with Crippen molar-refractivity contribution < 1.29 is 0 Å². The van der Waals surface area contributed by atoms with E-state index in [1.54, 1.807) is 0 Å². The van der Waals surface area contributed by atoms with Gasteiger partial charge in [-0.05, 0) is 60.7 Å². The van der Waals surface area contributed by atoms with Crippen LogP contribution in [0.15, 0.2) is 89.5 Å². The lowest BCUT2D eigenvalue weighted by molar-refractivity contribution is 1.41. The van der Waals surface area contributed by atoms with E-state index in [9.17, 15) is 0 Å². The fourth-order valence-electron chi connectivity index (χ4n) is 3.68. The number of hydrogen-bond acceptors (Lipinski definition) is 1. The number of fused-ring (bicyclic) bond motifs is 3. The second-order valence-corrected chi connectivity index (χ2v) is 6.95. The maximum Gasteiger partial charge on any atom is 0.0708 e. The molecule has 0 amide bonds.